The molecule has 0 radical (unpaired) electrons. The van der Waals surface area contributed by atoms with Gasteiger partial charge >= 0.3 is 6.03 Å². The molecule has 0 bridgehead atoms. The summed E-state index contributed by atoms with van der Waals surface area (Å²) in [6, 6.07) is 3.20. The van der Waals surface area contributed by atoms with Gasteiger partial charge in [0.2, 0.25) is 10.0 Å². The minimum Gasteiger partial charge on any atom is -0.483 e. The molecule has 1 aromatic carbocycles. The zero-order valence-electron chi connectivity index (χ0n) is 22.8. The molecular weight excluding hydrogens is 575 g/mol. The third-order valence-corrected chi connectivity index (χ3v) is 9.42. The summed E-state index contributed by atoms with van der Waals surface area (Å²) in [5.41, 5.74) is 0.894. The highest BCUT2D eigenvalue weighted by Gasteiger charge is 2.39. The van der Waals surface area contributed by atoms with E-state index in [1.807, 2.05) is 0 Å². The minimum absolute atomic E-state index is 0.0556. The molecule has 2 aliphatic heterocycles. The Kier molecular flexibility index (Phi) is 7.17. The predicted octanol–water partition coefficient (Wildman–Crippen LogP) is 3.75. The van der Waals surface area contributed by atoms with Crippen molar-refractivity contribution in [1.82, 2.24) is 29.4 Å². The van der Waals surface area contributed by atoms with E-state index in [2.05, 4.69) is 19.9 Å². The van der Waals surface area contributed by atoms with Crippen molar-refractivity contribution in [2.24, 2.45) is 5.10 Å². The molecule has 1 saturated heterocycles. The number of hydrogen-bond donors (Lipinski definition) is 1. The number of urea groups is 1. The summed E-state index contributed by atoms with van der Waals surface area (Å²) in [5, 5.41) is 9.60. The maximum Gasteiger partial charge on any atom is 0.341 e. The highest BCUT2D eigenvalue weighted by atomic mass is 32.2. The highest BCUT2D eigenvalue weighted by molar-refractivity contribution is 7.89. The number of nitrogens with zero attached hydrogens (tertiary/aromatic N) is 6. The Morgan fingerprint density at radius 2 is 1.79 bits per heavy atom. The number of pyridine rings is 1. The summed E-state index contributed by atoms with van der Waals surface area (Å²) in [6.07, 6.45) is 4.78. The number of benzene rings is 1. The number of hydrazone groups is 1. The lowest BCUT2D eigenvalue weighted by molar-refractivity contribution is 0.0256. The van der Waals surface area contributed by atoms with Gasteiger partial charge in [-0.05, 0) is 44.4 Å². The lowest BCUT2D eigenvalue weighted by atomic mass is 9.94. The van der Waals surface area contributed by atoms with Gasteiger partial charge < -0.3 is 9.64 Å². The number of nitrogens with one attached hydrogen (secondary N) is 1. The van der Waals surface area contributed by atoms with Crippen molar-refractivity contribution in [3.63, 3.8) is 0 Å². The molecule has 1 aliphatic carbocycles. The Bertz CT molecular complexity index is 1670. The standard InChI is InChI=1S/C27H28F3N7O4S/c1-15-26(42(39,40)34-20-4-3-5-20)16(2)36(33-15)25-11-24(22(30)12-31-25)41-21-13-35(14-21)27(38)37-23(6-7-32-37)17-8-18(28)10-19(29)9-17/h7-12,20-21,23,34H,3-6,13-14H2,1-2H3. The topological polar surface area (TPSA) is 122 Å². The molecule has 1 atom stereocenters. The van der Waals surface area contributed by atoms with E-state index in [1.165, 1.54) is 39.0 Å². The average molecular weight is 604 g/mol. The van der Waals surface area contributed by atoms with Gasteiger partial charge in [0.05, 0.1) is 36.7 Å². The first-order valence-electron chi connectivity index (χ1n) is 13.5. The largest absolute Gasteiger partial charge is 0.483 e. The number of amides is 2. The van der Waals surface area contributed by atoms with E-state index in [-0.39, 0.29) is 46.9 Å². The fourth-order valence-electron chi connectivity index (χ4n) is 5.30. The number of carbonyl (C=O) groups excluding carboxylic acids is 1. The van der Waals surface area contributed by atoms with Crippen LogP contribution in [0.5, 0.6) is 5.75 Å². The Balaban J connectivity index is 1.13. The van der Waals surface area contributed by atoms with Crippen molar-refractivity contribution in [2.75, 3.05) is 13.1 Å². The fraction of sp³-hybridized carbons (Fsp3) is 0.407. The third-order valence-electron chi connectivity index (χ3n) is 7.65. The van der Waals surface area contributed by atoms with Gasteiger partial charge in [0.1, 0.15) is 22.6 Å². The molecular formula is C27H28F3N7O4S. The minimum atomic E-state index is -3.80. The van der Waals surface area contributed by atoms with Gasteiger partial charge in [-0.2, -0.15) is 10.2 Å². The monoisotopic (exact) mass is 603 g/mol. The molecule has 1 saturated carbocycles. The van der Waals surface area contributed by atoms with Crippen LogP contribution in [-0.4, -0.2) is 70.6 Å². The molecule has 15 heteroatoms. The number of aromatic nitrogens is 3. The number of ether oxygens (including phenoxy) is 1. The molecule has 0 spiro atoms. The Morgan fingerprint density at radius 3 is 2.45 bits per heavy atom. The zero-order chi connectivity index (χ0) is 29.8. The average Bonchev–Trinajstić information content (AvgIpc) is 3.48. The van der Waals surface area contributed by atoms with E-state index in [4.69, 9.17) is 4.74 Å². The van der Waals surface area contributed by atoms with Crippen LogP contribution in [0.1, 0.15) is 48.7 Å². The number of likely N-dealkylation sites (tertiary alicyclic amines) is 1. The molecule has 2 fully saturated rings. The molecule has 1 unspecified atom stereocenters. The second kappa shape index (κ2) is 10.7. The molecule has 1 N–H and O–H groups in total. The summed E-state index contributed by atoms with van der Waals surface area (Å²) in [4.78, 5) is 18.6. The van der Waals surface area contributed by atoms with Gasteiger partial charge in [0, 0.05) is 30.8 Å². The van der Waals surface area contributed by atoms with Crippen LogP contribution in [0.2, 0.25) is 0 Å². The first-order valence-corrected chi connectivity index (χ1v) is 15.0. The molecule has 222 valence electrons. The number of sulfonamides is 1. The van der Waals surface area contributed by atoms with E-state index >= 15 is 0 Å². The normalized spacial score (nSPS) is 19.2. The fourth-order valence-corrected chi connectivity index (χ4v) is 6.99. The number of hydrogen-bond acceptors (Lipinski definition) is 7. The van der Waals surface area contributed by atoms with E-state index in [9.17, 15) is 26.4 Å². The molecule has 2 aromatic heterocycles. The Labute approximate surface area is 240 Å². The van der Waals surface area contributed by atoms with Crippen molar-refractivity contribution in [2.45, 2.75) is 62.6 Å². The smallest absolute Gasteiger partial charge is 0.341 e. The lowest BCUT2D eigenvalue weighted by Gasteiger charge is -2.41. The van der Waals surface area contributed by atoms with Gasteiger partial charge in [-0.15, -0.1) is 0 Å². The molecule has 2 amide bonds. The van der Waals surface area contributed by atoms with E-state index < -0.39 is 45.7 Å². The lowest BCUT2D eigenvalue weighted by Crippen LogP contribution is -2.58. The number of carbonyl (C=O) groups is 1. The van der Waals surface area contributed by atoms with E-state index in [0.717, 1.165) is 31.5 Å². The predicted molar refractivity (Wildman–Crippen MR) is 144 cm³/mol. The number of rotatable bonds is 7. The van der Waals surface area contributed by atoms with Gasteiger partial charge in [-0.25, -0.2) is 45.8 Å². The first kappa shape index (κ1) is 28.2. The van der Waals surface area contributed by atoms with Crippen LogP contribution >= 0.6 is 0 Å². The van der Waals surface area contributed by atoms with Crippen LogP contribution in [0, 0.1) is 31.3 Å². The van der Waals surface area contributed by atoms with Crippen LogP contribution in [0.4, 0.5) is 18.0 Å². The Hall–Kier alpha value is -3.98. The van der Waals surface area contributed by atoms with Crippen LogP contribution in [0.25, 0.3) is 5.82 Å². The second-order valence-corrected chi connectivity index (χ2v) is 12.3. The molecule has 42 heavy (non-hydrogen) atoms. The van der Waals surface area contributed by atoms with Crippen molar-refractivity contribution >= 4 is 22.3 Å². The maximum absolute atomic E-state index is 14.7. The third kappa shape index (κ3) is 5.22. The summed E-state index contributed by atoms with van der Waals surface area (Å²) in [6.45, 7) is 3.44. The van der Waals surface area contributed by atoms with Crippen molar-refractivity contribution in [1.29, 1.82) is 0 Å². The van der Waals surface area contributed by atoms with Crippen LogP contribution in [0.15, 0.2) is 40.5 Å². The molecule has 3 aromatic rings. The van der Waals surface area contributed by atoms with Gasteiger partial charge in [0.15, 0.2) is 17.4 Å². The van der Waals surface area contributed by atoms with Crippen molar-refractivity contribution in [3.8, 4) is 11.6 Å². The van der Waals surface area contributed by atoms with Crippen molar-refractivity contribution in [3.05, 3.63) is 64.9 Å². The summed E-state index contributed by atoms with van der Waals surface area (Å²) in [5.74, 6) is -2.19. The van der Waals surface area contributed by atoms with Crippen LogP contribution in [0.3, 0.4) is 0 Å². The quantitative estimate of drug-likeness (QED) is 0.439. The highest BCUT2D eigenvalue weighted by Crippen LogP contribution is 2.32. The number of halogens is 3. The molecule has 4 heterocycles. The first-order chi connectivity index (χ1) is 20.0. The van der Waals surface area contributed by atoms with E-state index in [1.54, 1.807) is 13.8 Å². The van der Waals surface area contributed by atoms with Crippen LogP contribution in [-0.2, 0) is 10.0 Å². The molecule has 6 rings (SSSR count). The van der Waals surface area contributed by atoms with Crippen LogP contribution < -0.4 is 9.46 Å². The van der Waals surface area contributed by atoms with Gasteiger partial charge in [-0.3, -0.25) is 0 Å². The molecule has 3 aliphatic rings. The number of aryl methyl sites for hydroxylation is 1. The second-order valence-electron chi connectivity index (χ2n) is 10.7. The van der Waals surface area contributed by atoms with Crippen molar-refractivity contribution < 1.29 is 31.1 Å². The zero-order valence-corrected chi connectivity index (χ0v) is 23.6. The molecule has 11 nitrogen and oxygen atoms in total. The maximum atomic E-state index is 14.7. The Morgan fingerprint density at radius 1 is 1.07 bits per heavy atom. The summed E-state index contributed by atoms with van der Waals surface area (Å²) >= 11 is 0. The van der Waals surface area contributed by atoms with E-state index in [0.29, 0.717) is 12.1 Å². The summed E-state index contributed by atoms with van der Waals surface area (Å²) < 4.78 is 78.0. The van der Waals surface area contributed by atoms with Gasteiger partial charge in [0.25, 0.3) is 0 Å². The summed E-state index contributed by atoms with van der Waals surface area (Å²) in [7, 11) is -3.80. The SMILES string of the molecule is Cc1nn(-c2cc(OC3CN(C(=O)N4N=CCC4c4cc(F)cc(F)c4)C3)c(F)cn2)c(C)c1S(=O)(=O)NC1CCC1. The van der Waals surface area contributed by atoms with Gasteiger partial charge in [-0.1, -0.05) is 6.42 Å².